The van der Waals surface area contributed by atoms with Crippen molar-refractivity contribution in [3.05, 3.63) is 65.7 Å². The van der Waals surface area contributed by atoms with Gasteiger partial charge in [-0.3, -0.25) is 0 Å². The fraction of sp³-hybridized carbons (Fsp3) is 0.222. The molecule has 0 saturated heterocycles. The summed E-state index contributed by atoms with van der Waals surface area (Å²) < 4.78 is 0. The van der Waals surface area contributed by atoms with Crippen LogP contribution in [0.5, 0.6) is 0 Å². The van der Waals surface area contributed by atoms with E-state index in [9.17, 15) is 5.26 Å². The van der Waals surface area contributed by atoms with E-state index in [4.69, 9.17) is 5.26 Å². The van der Waals surface area contributed by atoms with Gasteiger partial charge in [-0.25, -0.2) is 0 Å². The Hall–Kier alpha value is -2.78. The third-order valence-corrected chi connectivity index (χ3v) is 4.09. The van der Waals surface area contributed by atoms with Gasteiger partial charge in [0.2, 0.25) is 0 Å². The first-order chi connectivity index (χ1) is 10.3. The molecule has 0 aromatic heterocycles. The van der Waals surface area contributed by atoms with Crippen LogP contribution < -0.4 is 5.32 Å². The first kappa shape index (κ1) is 13.2. The summed E-state index contributed by atoms with van der Waals surface area (Å²) in [4.78, 5) is 0. The molecule has 0 amide bonds. The van der Waals surface area contributed by atoms with Gasteiger partial charge in [-0.1, -0.05) is 36.4 Å². The summed E-state index contributed by atoms with van der Waals surface area (Å²) in [6.07, 6.45) is 1.59. The zero-order chi connectivity index (χ0) is 14.7. The maximum absolute atomic E-state index is 9.54. The monoisotopic (exact) mass is 273 g/mol. The van der Waals surface area contributed by atoms with Crippen LogP contribution in [0.25, 0.3) is 0 Å². The van der Waals surface area contributed by atoms with Gasteiger partial charge in [0.05, 0.1) is 23.1 Å². The first-order valence-corrected chi connectivity index (χ1v) is 6.99. The van der Waals surface area contributed by atoms with Crippen LogP contribution in [-0.2, 0) is 5.41 Å². The fourth-order valence-corrected chi connectivity index (χ4v) is 2.95. The van der Waals surface area contributed by atoms with Gasteiger partial charge in [0.15, 0.2) is 0 Å². The lowest BCUT2D eigenvalue weighted by Gasteiger charge is -2.43. The van der Waals surface area contributed by atoms with Crippen LogP contribution >= 0.6 is 0 Å². The van der Waals surface area contributed by atoms with E-state index in [-0.39, 0.29) is 11.5 Å². The third kappa shape index (κ3) is 2.47. The average molecular weight is 273 g/mol. The SMILES string of the molecule is N#Cc1cccc(NC2CC(C#N)(c3ccccc3)C2)c1. The number of nitrogens with zero attached hydrogens (tertiary/aromatic N) is 2. The molecule has 3 rings (SSSR count). The number of nitrogens with one attached hydrogen (secondary N) is 1. The molecule has 0 bridgehead atoms. The van der Waals surface area contributed by atoms with Crippen molar-refractivity contribution in [2.75, 3.05) is 5.32 Å². The van der Waals surface area contributed by atoms with Gasteiger partial charge in [0, 0.05) is 11.7 Å². The highest BCUT2D eigenvalue weighted by Gasteiger charge is 2.46. The number of benzene rings is 2. The Morgan fingerprint density at radius 2 is 1.76 bits per heavy atom. The Balaban J connectivity index is 1.70. The molecule has 0 heterocycles. The van der Waals surface area contributed by atoms with Crippen molar-refractivity contribution in [2.24, 2.45) is 0 Å². The molecule has 0 aliphatic heterocycles. The minimum atomic E-state index is -0.369. The number of rotatable bonds is 3. The Morgan fingerprint density at radius 3 is 2.43 bits per heavy atom. The molecule has 1 N–H and O–H groups in total. The lowest BCUT2D eigenvalue weighted by molar-refractivity contribution is 0.289. The number of anilines is 1. The smallest absolute Gasteiger partial charge is 0.0992 e. The second-order valence-electron chi connectivity index (χ2n) is 5.50. The minimum Gasteiger partial charge on any atom is -0.382 e. The van der Waals surface area contributed by atoms with Gasteiger partial charge in [-0.15, -0.1) is 0 Å². The van der Waals surface area contributed by atoms with Crippen molar-refractivity contribution < 1.29 is 0 Å². The Bertz CT molecular complexity index is 716. The van der Waals surface area contributed by atoms with Gasteiger partial charge in [0.1, 0.15) is 0 Å². The van der Waals surface area contributed by atoms with E-state index in [0.29, 0.717) is 5.56 Å². The van der Waals surface area contributed by atoms with E-state index in [1.807, 2.05) is 48.5 Å². The summed E-state index contributed by atoms with van der Waals surface area (Å²) in [5.74, 6) is 0. The Labute approximate surface area is 124 Å². The molecule has 0 radical (unpaired) electrons. The highest BCUT2D eigenvalue weighted by molar-refractivity contribution is 5.51. The van der Waals surface area contributed by atoms with E-state index in [1.165, 1.54) is 0 Å². The molecule has 3 nitrogen and oxygen atoms in total. The normalized spacial score (nSPS) is 23.4. The molecule has 0 unspecified atom stereocenters. The molecular formula is C18H15N3. The number of hydrogen-bond donors (Lipinski definition) is 1. The zero-order valence-electron chi connectivity index (χ0n) is 11.6. The molecule has 3 heteroatoms. The van der Waals surface area contributed by atoms with Crippen molar-refractivity contribution in [3.63, 3.8) is 0 Å². The summed E-state index contributed by atoms with van der Waals surface area (Å²) in [5, 5.41) is 21.9. The van der Waals surface area contributed by atoms with Gasteiger partial charge < -0.3 is 5.32 Å². The van der Waals surface area contributed by atoms with E-state index in [1.54, 1.807) is 6.07 Å². The van der Waals surface area contributed by atoms with E-state index >= 15 is 0 Å². The van der Waals surface area contributed by atoms with Crippen LogP contribution in [-0.4, -0.2) is 6.04 Å². The second-order valence-corrected chi connectivity index (χ2v) is 5.50. The van der Waals surface area contributed by atoms with E-state index < -0.39 is 0 Å². The zero-order valence-corrected chi connectivity index (χ0v) is 11.6. The van der Waals surface area contributed by atoms with Crippen LogP contribution in [0.3, 0.4) is 0 Å². The maximum atomic E-state index is 9.54. The standard InChI is InChI=1S/C18H15N3/c19-12-14-5-4-8-16(9-14)21-17-10-18(11-17,13-20)15-6-2-1-3-7-15/h1-9,17,21H,10-11H2. The summed E-state index contributed by atoms with van der Waals surface area (Å²) in [5.41, 5.74) is 2.31. The van der Waals surface area contributed by atoms with Crippen molar-refractivity contribution in [3.8, 4) is 12.1 Å². The molecule has 1 fully saturated rings. The molecule has 21 heavy (non-hydrogen) atoms. The molecule has 1 aliphatic carbocycles. The molecular weight excluding hydrogens is 258 g/mol. The summed E-state index contributed by atoms with van der Waals surface area (Å²) in [6, 6.07) is 22.3. The fourth-order valence-electron chi connectivity index (χ4n) is 2.95. The van der Waals surface area contributed by atoms with Crippen LogP contribution in [0.4, 0.5) is 5.69 Å². The predicted octanol–water partition coefficient (Wildman–Crippen LogP) is 3.59. The van der Waals surface area contributed by atoms with Crippen LogP contribution in [0.2, 0.25) is 0 Å². The van der Waals surface area contributed by atoms with E-state index in [2.05, 4.69) is 17.5 Å². The van der Waals surface area contributed by atoms with Gasteiger partial charge >= 0.3 is 0 Å². The van der Waals surface area contributed by atoms with Crippen molar-refractivity contribution >= 4 is 5.69 Å². The molecule has 1 aliphatic rings. The van der Waals surface area contributed by atoms with Gasteiger partial charge in [-0.2, -0.15) is 10.5 Å². The average Bonchev–Trinajstić information content (AvgIpc) is 2.51. The number of hydrogen-bond acceptors (Lipinski definition) is 3. The molecule has 1 saturated carbocycles. The minimum absolute atomic E-state index is 0.277. The van der Waals surface area contributed by atoms with Crippen LogP contribution in [0, 0.1) is 22.7 Å². The Kier molecular flexibility index (Phi) is 3.34. The highest BCUT2D eigenvalue weighted by Crippen LogP contribution is 2.44. The maximum Gasteiger partial charge on any atom is 0.0992 e. The lowest BCUT2D eigenvalue weighted by Crippen LogP contribution is -2.47. The quantitative estimate of drug-likeness (QED) is 0.929. The molecule has 0 atom stereocenters. The van der Waals surface area contributed by atoms with Crippen molar-refractivity contribution in [2.45, 2.75) is 24.3 Å². The van der Waals surface area contributed by atoms with Crippen LogP contribution in [0.1, 0.15) is 24.0 Å². The summed E-state index contributed by atoms with van der Waals surface area (Å²) >= 11 is 0. The third-order valence-electron chi connectivity index (χ3n) is 4.09. The number of nitriles is 2. The first-order valence-electron chi connectivity index (χ1n) is 6.99. The molecule has 0 spiro atoms. The molecule has 2 aromatic carbocycles. The van der Waals surface area contributed by atoms with Crippen molar-refractivity contribution in [1.82, 2.24) is 0 Å². The lowest BCUT2D eigenvalue weighted by atomic mass is 9.62. The topological polar surface area (TPSA) is 59.6 Å². The predicted molar refractivity (Wildman–Crippen MR) is 81.5 cm³/mol. The molecule has 102 valence electrons. The van der Waals surface area contributed by atoms with Gasteiger partial charge in [-0.05, 0) is 36.6 Å². The van der Waals surface area contributed by atoms with E-state index in [0.717, 1.165) is 24.1 Å². The Morgan fingerprint density at radius 1 is 1.00 bits per heavy atom. The highest BCUT2D eigenvalue weighted by atomic mass is 14.9. The molecule has 2 aromatic rings. The van der Waals surface area contributed by atoms with Gasteiger partial charge in [0.25, 0.3) is 0 Å². The largest absolute Gasteiger partial charge is 0.382 e. The summed E-state index contributed by atoms with van der Waals surface area (Å²) in [6.45, 7) is 0. The van der Waals surface area contributed by atoms with Crippen molar-refractivity contribution in [1.29, 1.82) is 10.5 Å². The second kappa shape index (κ2) is 5.31. The summed E-state index contributed by atoms with van der Waals surface area (Å²) in [7, 11) is 0. The van der Waals surface area contributed by atoms with Crippen LogP contribution in [0.15, 0.2) is 54.6 Å².